The van der Waals surface area contributed by atoms with Crippen LogP contribution in [0.5, 0.6) is 0 Å². The van der Waals surface area contributed by atoms with Crippen LogP contribution in [0.3, 0.4) is 0 Å². The van der Waals surface area contributed by atoms with Crippen molar-refractivity contribution in [2.75, 3.05) is 18.0 Å². The second kappa shape index (κ2) is 5.91. The van der Waals surface area contributed by atoms with Gasteiger partial charge in [0.05, 0.1) is 5.54 Å². The smallest absolute Gasteiger partial charge is 0.125 e. The molecule has 2 nitrogen and oxygen atoms in total. The average Bonchev–Trinajstić information content (AvgIpc) is 2.84. The van der Waals surface area contributed by atoms with E-state index in [0.717, 1.165) is 25.1 Å². The van der Waals surface area contributed by atoms with E-state index in [-0.39, 0.29) is 11.4 Å². The van der Waals surface area contributed by atoms with Gasteiger partial charge in [0.2, 0.25) is 0 Å². The second-order valence-electron chi connectivity index (χ2n) is 5.53. The van der Waals surface area contributed by atoms with Gasteiger partial charge in [-0.2, -0.15) is 0 Å². The molecule has 0 spiro atoms. The molecule has 2 unspecified atom stereocenters. The van der Waals surface area contributed by atoms with Crippen LogP contribution in [0.4, 0.5) is 10.1 Å². The topological polar surface area (TPSA) is 29.3 Å². The third kappa shape index (κ3) is 2.48. The first-order valence-electron chi connectivity index (χ1n) is 7.41. The number of likely N-dealkylation sites (N-methyl/N-ethyl adjacent to an activating group) is 1. The van der Waals surface area contributed by atoms with Gasteiger partial charge in [-0.15, -0.1) is 0 Å². The number of benzene rings is 1. The van der Waals surface area contributed by atoms with Crippen LogP contribution in [-0.2, 0) is 0 Å². The maximum absolute atomic E-state index is 13.5. The lowest BCUT2D eigenvalue weighted by molar-refractivity contribution is 0.293. The Morgan fingerprint density at radius 2 is 2.21 bits per heavy atom. The SMILES string of the molecule is CCC1CCCC1(CN)N(CC)c1cccc(F)c1. The molecule has 2 rings (SSSR count). The molecular formula is C16H25FN2. The van der Waals surface area contributed by atoms with Crippen LogP contribution in [0.2, 0.25) is 0 Å². The van der Waals surface area contributed by atoms with Gasteiger partial charge in [-0.25, -0.2) is 4.39 Å². The van der Waals surface area contributed by atoms with Crippen LogP contribution in [0.1, 0.15) is 39.5 Å². The molecule has 1 aromatic carbocycles. The Labute approximate surface area is 115 Å². The average molecular weight is 264 g/mol. The molecule has 106 valence electrons. The minimum absolute atomic E-state index is 0.0112. The van der Waals surface area contributed by atoms with Gasteiger partial charge < -0.3 is 10.6 Å². The summed E-state index contributed by atoms with van der Waals surface area (Å²) in [6, 6.07) is 6.91. The quantitative estimate of drug-likeness (QED) is 0.881. The summed E-state index contributed by atoms with van der Waals surface area (Å²) in [4.78, 5) is 2.33. The molecular weight excluding hydrogens is 239 g/mol. The first-order valence-corrected chi connectivity index (χ1v) is 7.41. The molecule has 0 radical (unpaired) electrons. The van der Waals surface area contributed by atoms with Crippen LogP contribution >= 0.6 is 0 Å². The predicted molar refractivity (Wildman–Crippen MR) is 78.8 cm³/mol. The Morgan fingerprint density at radius 1 is 1.42 bits per heavy atom. The minimum Gasteiger partial charge on any atom is -0.364 e. The second-order valence-corrected chi connectivity index (χ2v) is 5.53. The number of hydrogen-bond donors (Lipinski definition) is 1. The predicted octanol–water partition coefficient (Wildman–Crippen LogP) is 3.56. The van der Waals surface area contributed by atoms with E-state index >= 15 is 0 Å². The van der Waals surface area contributed by atoms with E-state index in [4.69, 9.17) is 5.73 Å². The van der Waals surface area contributed by atoms with Gasteiger partial charge in [0.15, 0.2) is 0 Å². The van der Waals surface area contributed by atoms with Crippen LogP contribution in [0.25, 0.3) is 0 Å². The van der Waals surface area contributed by atoms with E-state index in [1.54, 1.807) is 12.1 Å². The van der Waals surface area contributed by atoms with Crippen molar-refractivity contribution in [1.29, 1.82) is 0 Å². The minimum atomic E-state index is -0.172. The van der Waals surface area contributed by atoms with Crippen LogP contribution in [0.15, 0.2) is 24.3 Å². The van der Waals surface area contributed by atoms with Gasteiger partial charge in [-0.05, 0) is 43.9 Å². The first-order chi connectivity index (χ1) is 9.17. The highest BCUT2D eigenvalue weighted by Crippen LogP contribution is 2.43. The van der Waals surface area contributed by atoms with Gasteiger partial charge in [0, 0.05) is 18.8 Å². The molecule has 1 aliphatic rings. The zero-order valence-electron chi connectivity index (χ0n) is 12.0. The molecule has 3 heteroatoms. The van der Waals surface area contributed by atoms with Crippen LogP contribution in [-0.4, -0.2) is 18.6 Å². The van der Waals surface area contributed by atoms with Gasteiger partial charge in [-0.3, -0.25) is 0 Å². The van der Waals surface area contributed by atoms with Gasteiger partial charge in [0.1, 0.15) is 5.82 Å². The van der Waals surface area contributed by atoms with Crippen molar-refractivity contribution in [2.24, 2.45) is 11.7 Å². The molecule has 0 bridgehead atoms. The van der Waals surface area contributed by atoms with E-state index in [0.29, 0.717) is 12.5 Å². The molecule has 0 saturated heterocycles. The Morgan fingerprint density at radius 3 is 2.79 bits per heavy atom. The first kappa shape index (κ1) is 14.3. The summed E-state index contributed by atoms with van der Waals surface area (Å²) in [7, 11) is 0. The number of nitrogens with zero attached hydrogens (tertiary/aromatic N) is 1. The molecule has 1 aromatic rings. The van der Waals surface area contributed by atoms with Crippen molar-refractivity contribution >= 4 is 5.69 Å². The summed E-state index contributed by atoms with van der Waals surface area (Å²) in [6.45, 7) is 5.89. The van der Waals surface area contributed by atoms with Crippen molar-refractivity contribution in [2.45, 2.75) is 45.1 Å². The van der Waals surface area contributed by atoms with Crippen molar-refractivity contribution in [3.05, 3.63) is 30.1 Å². The van der Waals surface area contributed by atoms with Crippen LogP contribution < -0.4 is 10.6 Å². The number of halogens is 1. The standard InChI is InChI=1S/C16H25FN2/c1-3-13-7-6-10-16(13,12-18)19(4-2)15-9-5-8-14(17)11-15/h5,8-9,11,13H,3-4,6-7,10,12,18H2,1-2H3. The summed E-state index contributed by atoms with van der Waals surface area (Å²) in [6.07, 6.45) is 4.72. The fourth-order valence-electron chi connectivity index (χ4n) is 3.84. The molecule has 0 amide bonds. The van der Waals surface area contributed by atoms with E-state index in [1.165, 1.54) is 18.9 Å². The summed E-state index contributed by atoms with van der Waals surface area (Å²) >= 11 is 0. The molecule has 2 atom stereocenters. The monoisotopic (exact) mass is 264 g/mol. The number of anilines is 1. The zero-order valence-corrected chi connectivity index (χ0v) is 12.0. The fourth-order valence-corrected chi connectivity index (χ4v) is 3.84. The highest BCUT2D eigenvalue weighted by atomic mass is 19.1. The maximum atomic E-state index is 13.5. The zero-order chi connectivity index (χ0) is 13.9. The van der Waals surface area contributed by atoms with Crippen molar-refractivity contribution in [1.82, 2.24) is 0 Å². The maximum Gasteiger partial charge on any atom is 0.125 e. The molecule has 0 heterocycles. The highest BCUT2D eigenvalue weighted by Gasteiger charge is 2.45. The summed E-state index contributed by atoms with van der Waals surface area (Å²) in [5, 5.41) is 0. The third-order valence-corrected chi connectivity index (χ3v) is 4.74. The Hall–Kier alpha value is -1.09. The van der Waals surface area contributed by atoms with Crippen molar-refractivity contribution in [3.8, 4) is 0 Å². The number of nitrogens with two attached hydrogens (primary N) is 1. The lowest BCUT2D eigenvalue weighted by Crippen LogP contribution is -2.56. The van der Waals surface area contributed by atoms with E-state index in [2.05, 4.69) is 18.7 Å². The Kier molecular flexibility index (Phi) is 4.46. The van der Waals surface area contributed by atoms with E-state index in [9.17, 15) is 4.39 Å². The van der Waals surface area contributed by atoms with Crippen molar-refractivity contribution < 1.29 is 4.39 Å². The third-order valence-electron chi connectivity index (χ3n) is 4.74. The highest BCUT2D eigenvalue weighted by molar-refractivity contribution is 5.50. The molecule has 0 aromatic heterocycles. The lowest BCUT2D eigenvalue weighted by Gasteiger charge is -2.46. The summed E-state index contributed by atoms with van der Waals surface area (Å²) in [5.74, 6) is 0.440. The van der Waals surface area contributed by atoms with Gasteiger partial charge >= 0.3 is 0 Å². The summed E-state index contributed by atoms with van der Waals surface area (Å²) in [5.41, 5.74) is 7.13. The number of rotatable bonds is 5. The fraction of sp³-hybridized carbons (Fsp3) is 0.625. The molecule has 1 aliphatic carbocycles. The van der Waals surface area contributed by atoms with Gasteiger partial charge in [0.25, 0.3) is 0 Å². The van der Waals surface area contributed by atoms with Crippen LogP contribution in [0, 0.1) is 11.7 Å². The van der Waals surface area contributed by atoms with Crippen molar-refractivity contribution in [3.63, 3.8) is 0 Å². The number of hydrogen-bond acceptors (Lipinski definition) is 2. The van der Waals surface area contributed by atoms with E-state index in [1.807, 2.05) is 6.07 Å². The molecule has 2 N–H and O–H groups in total. The Balaban J connectivity index is 2.39. The molecule has 19 heavy (non-hydrogen) atoms. The normalized spacial score (nSPS) is 26.6. The lowest BCUT2D eigenvalue weighted by atomic mass is 9.83. The Bertz CT molecular complexity index is 421. The van der Waals surface area contributed by atoms with Gasteiger partial charge in [-0.1, -0.05) is 25.8 Å². The largest absolute Gasteiger partial charge is 0.364 e. The summed E-state index contributed by atoms with van der Waals surface area (Å²) < 4.78 is 13.5. The van der Waals surface area contributed by atoms with E-state index < -0.39 is 0 Å². The molecule has 1 fully saturated rings. The molecule has 0 aliphatic heterocycles. The molecule has 1 saturated carbocycles.